The van der Waals surface area contributed by atoms with Crippen molar-refractivity contribution in [1.29, 1.82) is 0 Å². The average Bonchev–Trinajstić information content (AvgIpc) is 2.65. The van der Waals surface area contributed by atoms with Crippen LogP contribution in [0.25, 0.3) is 0 Å². The summed E-state index contributed by atoms with van der Waals surface area (Å²) in [5.41, 5.74) is 0. The van der Waals surface area contributed by atoms with Gasteiger partial charge in [0.25, 0.3) is 0 Å². The minimum atomic E-state index is -3.19. The first-order valence-corrected chi connectivity index (χ1v) is 11.5. The fourth-order valence-corrected chi connectivity index (χ4v) is 3.99. The lowest BCUT2D eigenvalue weighted by Crippen LogP contribution is -2.36. The van der Waals surface area contributed by atoms with E-state index >= 15 is 0 Å². The highest BCUT2D eigenvalue weighted by molar-refractivity contribution is 7.90. The van der Waals surface area contributed by atoms with Gasteiger partial charge in [-0.2, -0.15) is 0 Å². The number of hydrogen-bond donors (Lipinski definition) is 1. The van der Waals surface area contributed by atoms with Gasteiger partial charge in [-0.15, -0.1) is 0 Å². The van der Waals surface area contributed by atoms with Crippen LogP contribution in [-0.2, 0) is 14.6 Å². The Morgan fingerprint density at radius 1 is 1.33 bits per heavy atom. The molecule has 1 aromatic carbocycles. The molecule has 152 valence electrons. The number of ether oxygens (including phenoxy) is 1. The van der Waals surface area contributed by atoms with Crippen molar-refractivity contribution >= 4 is 15.7 Å². The highest BCUT2D eigenvalue weighted by Gasteiger charge is 2.23. The van der Waals surface area contributed by atoms with Crippen molar-refractivity contribution in [2.75, 3.05) is 39.5 Å². The third-order valence-corrected chi connectivity index (χ3v) is 6.35. The van der Waals surface area contributed by atoms with E-state index in [1.165, 1.54) is 19.1 Å². The number of rotatable bonds is 9. The molecule has 0 saturated carbocycles. The molecule has 6 nitrogen and oxygen atoms in total. The van der Waals surface area contributed by atoms with Gasteiger partial charge in [0.1, 0.15) is 5.75 Å². The second-order valence-electron chi connectivity index (χ2n) is 7.55. The van der Waals surface area contributed by atoms with E-state index in [1.807, 2.05) is 7.05 Å². The Hall–Kier alpha value is -1.60. The highest BCUT2D eigenvalue weighted by atomic mass is 32.2. The summed E-state index contributed by atoms with van der Waals surface area (Å²) in [7, 11) is -1.35. The first kappa shape index (κ1) is 21.7. The predicted molar refractivity (Wildman–Crippen MR) is 107 cm³/mol. The van der Waals surface area contributed by atoms with Crippen LogP contribution >= 0.6 is 0 Å². The summed E-state index contributed by atoms with van der Waals surface area (Å²) in [4.78, 5) is 14.5. The maximum absolute atomic E-state index is 12.4. The largest absolute Gasteiger partial charge is 0.494 e. The lowest BCUT2D eigenvalue weighted by atomic mass is 9.85. The zero-order valence-corrected chi connectivity index (χ0v) is 17.4. The van der Waals surface area contributed by atoms with Crippen molar-refractivity contribution in [2.24, 2.45) is 11.8 Å². The van der Waals surface area contributed by atoms with Crippen LogP contribution in [0.3, 0.4) is 0 Å². The van der Waals surface area contributed by atoms with Crippen molar-refractivity contribution in [3.63, 3.8) is 0 Å². The Morgan fingerprint density at radius 2 is 2.04 bits per heavy atom. The number of carbonyl (C=O) groups is 1. The molecule has 1 fully saturated rings. The number of benzene rings is 1. The topological polar surface area (TPSA) is 75.7 Å². The standard InChI is InChI=1S/C20H32N2O4S/c1-16(17-6-4-11-21-15-17)14-20(23)22(2)12-5-13-26-18-7-9-19(10-8-18)27(3,24)25/h7-10,16-17,21H,4-6,11-15H2,1-3H3. The van der Waals surface area contributed by atoms with Gasteiger partial charge in [-0.25, -0.2) is 8.42 Å². The number of sulfone groups is 1. The van der Waals surface area contributed by atoms with Crippen LogP contribution in [0.2, 0.25) is 0 Å². The van der Waals surface area contributed by atoms with Gasteiger partial charge in [0.15, 0.2) is 9.84 Å². The lowest BCUT2D eigenvalue weighted by Gasteiger charge is -2.29. The minimum absolute atomic E-state index is 0.186. The number of carbonyl (C=O) groups excluding carboxylic acids is 1. The highest BCUT2D eigenvalue weighted by Crippen LogP contribution is 2.23. The second kappa shape index (κ2) is 10.1. The summed E-state index contributed by atoms with van der Waals surface area (Å²) in [5.74, 6) is 1.81. The quantitative estimate of drug-likeness (QED) is 0.649. The Kier molecular flexibility index (Phi) is 8.10. The summed E-state index contributed by atoms with van der Waals surface area (Å²) in [6, 6.07) is 6.40. The Bertz CT molecular complexity index is 697. The molecular formula is C20H32N2O4S. The average molecular weight is 397 g/mol. The molecule has 1 aromatic rings. The van der Waals surface area contributed by atoms with E-state index in [2.05, 4.69) is 12.2 Å². The molecule has 2 atom stereocenters. The molecule has 1 amide bonds. The molecule has 27 heavy (non-hydrogen) atoms. The molecule has 1 heterocycles. The van der Waals surface area contributed by atoms with Crippen molar-refractivity contribution < 1.29 is 17.9 Å². The Balaban J connectivity index is 1.67. The van der Waals surface area contributed by atoms with E-state index in [-0.39, 0.29) is 10.8 Å². The zero-order chi connectivity index (χ0) is 19.9. The molecular weight excluding hydrogens is 364 g/mol. The fraction of sp³-hybridized carbons (Fsp3) is 0.650. The third kappa shape index (κ3) is 7.14. The van der Waals surface area contributed by atoms with E-state index in [9.17, 15) is 13.2 Å². The summed E-state index contributed by atoms with van der Waals surface area (Å²) in [6.07, 6.45) is 4.91. The molecule has 0 bridgehead atoms. The predicted octanol–water partition coefficient (Wildman–Crippen LogP) is 2.34. The van der Waals surface area contributed by atoms with Gasteiger partial charge in [0.2, 0.25) is 5.91 Å². The van der Waals surface area contributed by atoms with E-state index < -0.39 is 9.84 Å². The van der Waals surface area contributed by atoms with Gasteiger partial charge >= 0.3 is 0 Å². The summed E-state index contributed by atoms with van der Waals surface area (Å²) in [5, 5.41) is 3.41. The van der Waals surface area contributed by atoms with Crippen molar-refractivity contribution in [3.05, 3.63) is 24.3 Å². The zero-order valence-electron chi connectivity index (χ0n) is 16.6. The molecule has 1 N–H and O–H groups in total. The number of nitrogens with zero attached hydrogens (tertiary/aromatic N) is 1. The van der Waals surface area contributed by atoms with Crippen LogP contribution < -0.4 is 10.1 Å². The Morgan fingerprint density at radius 3 is 2.63 bits per heavy atom. The smallest absolute Gasteiger partial charge is 0.222 e. The second-order valence-corrected chi connectivity index (χ2v) is 9.56. The van der Waals surface area contributed by atoms with Gasteiger partial charge in [0, 0.05) is 26.3 Å². The molecule has 0 aliphatic carbocycles. The maximum Gasteiger partial charge on any atom is 0.222 e. The molecule has 1 aliphatic heterocycles. The van der Waals surface area contributed by atoms with Crippen molar-refractivity contribution in [2.45, 2.75) is 37.5 Å². The van der Waals surface area contributed by atoms with E-state index in [0.29, 0.717) is 37.2 Å². The van der Waals surface area contributed by atoms with Crippen molar-refractivity contribution in [1.82, 2.24) is 10.2 Å². The first-order chi connectivity index (χ1) is 12.8. The summed E-state index contributed by atoms with van der Waals surface area (Å²) >= 11 is 0. The normalized spacial score (nSPS) is 18.7. The van der Waals surface area contributed by atoms with Gasteiger partial charge < -0.3 is 15.0 Å². The number of piperidine rings is 1. The van der Waals surface area contributed by atoms with Crippen LogP contribution in [0.1, 0.15) is 32.6 Å². The van der Waals surface area contributed by atoms with Gasteiger partial charge in [-0.05, 0) is 68.5 Å². The molecule has 2 rings (SSSR count). The van der Waals surface area contributed by atoms with Crippen LogP contribution in [0.15, 0.2) is 29.2 Å². The van der Waals surface area contributed by atoms with Gasteiger partial charge in [-0.3, -0.25) is 4.79 Å². The summed E-state index contributed by atoms with van der Waals surface area (Å²) in [6.45, 7) is 5.42. The monoisotopic (exact) mass is 396 g/mol. The summed E-state index contributed by atoms with van der Waals surface area (Å²) < 4.78 is 28.5. The van der Waals surface area contributed by atoms with Crippen LogP contribution in [0.5, 0.6) is 5.75 Å². The van der Waals surface area contributed by atoms with E-state index in [4.69, 9.17) is 4.74 Å². The molecule has 1 aliphatic rings. The molecule has 0 aromatic heterocycles. The molecule has 7 heteroatoms. The number of amides is 1. The van der Waals surface area contributed by atoms with Crippen LogP contribution in [0, 0.1) is 11.8 Å². The SMILES string of the molecule is CC(CC(=O)N(C)CCCOc1ccc(S(C)(=O)=O)cc1)C1CCCNC1. The van der Waals surface area contributed by atoms with Crippen LogP contribution in [-0.4, -0.2) is 58.8 Å². The minimum Gasteiger partial charge on any atom is -0.494 e. The molecule has 0 radical (unpaired) electrons. The third-order valence-electron chi connectivity index (χ3n) is 5.22. The molecule has 2 unspecified atom stereocenters. The van der Waals surface area contributed by atoms with Crippen LogP contribution in [0.4, 0.5) is 0 Å². The lowest BCUT2D eigenvalue weighted by molar-refractivity contribution is -0.131. The van der Waals surface area contributed by atoms with E-state index in [1.54, 1.807) is 29.2 Å². The van der Waals surface area contributed by atoms with E-state index in [0.717, 1.165) is 19.5 Å². The molecule has 0 spiro atoms. The number of nitrogens with one attached hydrogen (secondary N) is 1. The number of hydrogen-bond acceptors (Lipinski definition) is 5. The van der Waals surface area contributed by atoms with Crippen molar-refractivity contribution in [3.8, 4) is 5.75 Å². The fourth-order valence-electron chi connectivity index (χ4n) is 3.36. The molecule has 1 saturated heterocycles. The maximum atomic E-state index is 12.4. The van der Waals surface area contributed by atoms with Gasteiger partial charge in [-0.1, -0.05) is 6.92 Å². The Labute approximate surface area is 163 Å². The van der Waals surface area contributed by atoms with Gasteiger partial charge in [0.05, 0.1) is 11.5 Å². The first-order valence-electron chi connectivity index (χ1n) is 9.65.